The summed E-state index contributed by atoms with van der Waals surface area (Å²) in [5.41, 5.74) is 0.965. The van der Waals surface area contributed by atoms with E-state index in [9.17, 15) is 14.7 Å². The summed E-state index contributed by atoms with van der Waals surface area (Å²) in [4.78, 5) is 31.8. The van der Waals surface area contributed by atoms with Crippen molar-refractivity contribution in [3.63, 3.8) is 0 Å². The van der Waals surface area contributed by atoms with Crippen LogP contribution in [0.1, 0.15) is 74.3 Å². The lowest BCUT2D eigenvalue weighted by atomic mass is 9.85. The molecule has 2 aliphatic carbocycles. The van der Waals surface area contributed by atoms with Crippen LogP contribution in [0.25, 0.3) is 11.0 Å². The third kappa shape index (κ3) is 2.48. The Morgan fingerprint density at radius 1 is 1.03 bits per heavy atom. The third-order valence-corrected chi connectivity index (χ3v) is 8.32. The molecule has 1 N–H and O–H groups in total. The van der Waals surface area contributed by atoms with Crippen molar-refractivity contribution in [2.45, 2.75) is 81.5 Å². The first-order chi connectivity index (χ1) is 14.1. The molecule has 1 aromatic heterocycles. The van der Waals surface area contributed by atoms with E-state index in [-0.39, 0.29) is 11.7 Å². The second-order valence-electron chi connectivity index (χ2n) is 9.72. The number of aromatic carboxylic acids is 1. The molecule has 2 saturated heterocycles. The minimum Gasteiger partial charge on any atom is -0.476 e. The van der Waals surface area contributed by atoms with Gasteiger partial charge in [0, 0.05) is 23.7 Å². The average Bonchev–Trinajstić information content (AvgIpc) is 3.39. The molecule has 2 aromatic rings. The van der Waals surface area contributed by atoms with Gasteiger partial charge in [0.25, 0.3) is 5.56 Å². The zero-order valence-electron chi connectivity index (χ0n) is 16.6. The zero-order valence-corrected chi connectivity index (χ0v) is 16.6. The number of carboxylic acid groups (broad SMARTS) is 1. The molecule has 4 fully saturated rings. The molecule has 3 heterocycles. The fourth-order valence-electron chi connectivity index (χ4n) is 7.31. The third-order valence-electron chi connectivity index (χ3n) is 8.32. The molecule has 0 radical (unpaired) electrons. The molecule has 2 aliphatic heterocycles. The topological polar surface area (TPSA) is 75.4 Å². The molecule has 152 valence electrons. The lowest BCUT2D eigenvalue weighted by molar-refractivity contribution is -0.000427. The number of carbonyl (C=O) groups is 1. The molecule has 4 bridgehead atoms. The van der Waals surface area contributed by atoms with Crippen LogP contribution in [-0.2, 0) is 0 Å². The van der Waals surface area contributed by atoms with Crippen LogP contribution >= 0.6 is 0 Å². The van der Waals surface area contributed by atoms with Gasteiger partial charge in [-0.05, 0) is 75.8 Å². The maximum Gasteiger partial charge on any atom is 0.360 e. The van der Waals surface area contributed by atoms with Crippen LogP contribution < -0.4 is 5.56 Å². The van der Waals surface area contributed by atoms with Crippen LogP contribution in [0.15, 0.2) is 29.1 Å². The fourth-order valence-corrected chi connectivity index (χ4v) is 7.31. The van der Waals surface area contributed by atoms with Gasteiger partial charge in [-0.3, -0.25) is 9.69 Å². The summed E-state index contributed by atoms with van der Waals surface area (Å²) in [5.74, 6) is -0.311. The van der Waals surface area contributed by atoms with E-state index in [1.807, 2.05) is 18.2 Å². The van der Waals surface area contributed by atoms with Crippen LogP contribution in [0.2, 0.25) is 0 Å². The Hall–Kier alpha value is -2.21. The second kappa shape index (κ2) is 6.14. The fraction of sp³-hybridized carbons (Fsp3) is 0.609. The van der Waals surface area contributed by atoms with E-state index >= 15 is 0 Å². The van der Waals surface area contributed by atoms with Gasteiger partial charge in [0.05, 0.1) is 11.0 Å². The second-order valence-corrected chi connectivity index (χ2v) is 9.72. The van der Waals surface area contributed by atoms with E-state index in [0.29, 0.717) is 23.1 Å². The number of fused-ring (bicyclic) bond motifs is 6. The Morgan fingerprint density at radius 2 is 1.72 bits per heavy atom. The molecule has 6 heteroatoms. The van der Waals surface area contributed by atoms with Crippen LogP contribution in [0.3, 0.4) is 0 Å². The number of rotatable bonds is 3. The molecule has 6 rings (SSSR count). The molecule has 29 heavy (non-hydrogen) atoms. The van der Waals surface area contributed by atoms with Gasteiger partial charge in [0.1, 0.15) is 0 Å². The van der Waals surface area contributed by atoms with E-state index in [1.54, 1.807) is 10.6 Å². The SMILES string of the molecule is O=C(O)c1nc2ccccc2n([C@H]2CC3CC[C@@H](C2)N3C23CCC(CC2)C3)c1=O. The molecule has 1 unspecified atom stereocenters. The lowest BCUT2D eigenvalue weighted by Crippen LogP contribution is -2.56. The molecule has 0 spiro atoms. The van der Waals surface area contributed by atoms with E-state index in [1.165, 1.54) is 44.9 Å². The van der Waals surface area contributed by atoms with Crippen LogP contribution in [0, 0.1) is 5.92 Å². The minimum absolute atomic E-state index is 0.0530. The number of hydrogen-bond donors (Lipinski definition) is 1. The standard InChI is InChI=1S/C23H27N3O3/c27-21-20(22(28)29)24-18-3-1-2-4-19(18)25(21)17-11-15-5-6-16(12-17)26(15)23-9-7-14(13-23)8-10-23/h1-4,14-17H,5-13H2,(H,28,29)/t14?,15-,16?,17+,23?/m0/s1. The maximum atomic E-state index is 13.1. The summed E-state index contributed by atoms with van der Waals surface area (Å²) in [7, 11) is 0. The van der Waals surface area contributed by atoms with Gasteiger partial charge >= 0.3 is 5.97 Å². The van der Waals surface area contributed by atoms with Crippen molar-refractivity contribution in [3.05, 3.63) is 40.3 Å². The van der Waals surface area contributed by atoms with Crippen molar-refractivity contribution in [1.29, 1.82) is 0 Å². The van der Waals surface area contributed by atoms with E-state index < -0.39 is 11.5 Å². The summed E-state index contributed by atoms with van der Waals surface area (Å²) in [6.45, 7) is 0. The Kier molecular flexibility index (Phi) is 3.74. The van der Waals surface area contributed by atoms with Crippen molar-refractivity contribution in [2.24, 2.45) is 5.92 Å². The smallest absolute Gasteiger partial charge is 0.360 e. The normalized spacial score (nSPS) is 36.1. The largest absolute Gasteiger partial charge is 0.476 e. The monoisotopic (exact) mass is 393 g/mol. The maximum absolute atomic E-state index is 13.1. The molecular weight excluding hydrogens is 366 g/mol. The van der Waals surface area contributed by atoms with Gasteiger partial charge in [0.2, 0.25) is 5.69 Å². The van der Waals surface area contributed by atoms with Crippen molar-refractivity contribution < 1.29 is 9.90 Å². The van der Waals surface area contributed by atoms with Gasteiger partial charge in [-0.15, -0.1) is 0 Å². The summed E-state index contributed by atoms with van der Waals surface area (Å²) < 4.78 is 1.76. The molecule has 2 saturated carbocycles. The zero-order chi connectivity index (χ0) is 19.8. The summed E-state index contributed by atoms with van der Waals surface area (Å²) >= 11 is 0. The number of carboxylic acids is 1. The minimum atomic E-state index is -1.24. The predicted molar refractivity (Wildman–Crippen MR) is 109 cm³/mol. The Balaban J connectivity index is 1.41. The van der Waals surface area contributed by atoms with Crippen LogP contribution in [0.5, 0.6) is 0 Å². The molecule has 3 atom stereocenters. The predicted octanol–water partition coefficient (Wildman–Crippen LogP) is 3.60. The van der Waals surface area contributed by atoms with Gasteiger partial charge in [-0.25, -0.2) is 9.78 Å². The van der Waals surface area contributed by atoms with Crippen molar-refractivity contribution >= 4 is 17.0 Å². The first-order valence-corrected chi connectivity index (χ1v) is 11.1. The van der Waals surface area contributed by atoms with Crippen molar-refractivity contribution in [1.82, 2.24) is 14.5 Å². The molecular formula is C23H27N3O3. The summed E-state index contributed by atoms with van der Waals surface area (Å²) in [6, 6.07) is 8.54. The molecule has 0 amide bonds. The average molecular weight is 393 g/mol. The lowest BCUT2D eigenvalue weighted by Gasteiger charge is -2.49. The highest BCUT2D eigenvalue weighted by Gasteiger charge is 2.56. The summed E-state index contributed by atoms with van der Waals surface area (Å²) in [6.07, 6.45) is 11.1. The highest BCUT2D eigenvalue weighted by Crippen LogP contribution is 2.57. The van der Waals surface area contributed by atoms with E-state index in [0.717, 1.165) is 24.3 Å². The van der Waals surface area contributed by atoms with Crippen molar-refractivity contribution in [2.75, 3.05) is 0 Å². The number of benzene rings is 1. The molecule has 6 nitrogen and oxygen atoms in total. The first kappa shape index (κ1) is 17.6. The number of hydrogen-bond acceptors (Lipinski definition) is 4. The number of piperidine rings is 1. The van der Waals surface area contributed by atoms with Gasteiger partial charge < -0.3 is 9.67 Å². The quantitative estimate of drug-likeness (QED) is 0.862. The Morgan fingerprint density at radius 3 is 2.34 bits per heavy atom. The Labute approximate surface area is 169 Å². The highest BCUT2D eigenvalue weighted by atomic mass is 16.4. The Bertz CT molecular complexity index is 1040. The number of para-hydroxylation sites is 2. The van der Waals surface area contributed by atoms with Crippen LogP contribution in [0.4, 0.5) is 0 Å². The van der Waals surface area contributed by atoms with Gasteiger partial charge in [-0.2, -0.15) is 0 Å². The van der Waals surface area contributed by atoms with Crippen LogP contribution in [-0.4, -0.2) is 43.1 Å². The highest BCUT2D eigenvalue weighted by molar-refractivity contribution is 5.88. The van der Waals surface area contributed by atoms with E-state index in [2.05, 4.69) is 9.88 Å². The van der Waals surface area contributed by atoms with Gasteiger partial charge in [-0.1, -0.05) is 12.1 Å². The summed E-state index contributed by atoms with van der Waals surface area (Å²) in [5, 5.41) is 9.54. The van der Waals surface area contributed by atoms with Gasteiger partial charge in [0.15, 0.2) is 0 Å². The van der Waals surface area contributed by atoms with E-state index in [4.69, 9.17) is 0 Å². The van der Waals surface area contributed by atoms with Crippen molar-refractivity contribution in [3.8, 4) is 0 Å². The molecule has 4 aliphatic rings. The number of nitrogens with zero attached hydrogens (tertiary/aromatic N) is 3. The molecule has 1 aromatic carbocycles. The number of aromatic nitrogens is 2. The first-order valence-electron chi connectivity index (χ1n) is 11.1.